The first-order valence-electron chi connectivity index (χ1n) is 36.3. The molecule has 0 heterocycles. The number of benzene rings is 6. The predicted molar refractivity (Wildman–Crippen MR) is 407 cm³/mol. The summed E-state index contributed by atoms with van der Waals surface area (Å²) in [5.74, 6) is 1.00. The highest BCUT2D eigenvalue weighted by Gasteiger charge is 2.39. The zero-order valence-corrected chi connectivity index (χ0v) is 65.1. The van der Waals surface area contributed by atoms with Gasteiger partial charge in [-0.05, 0) is 198 Å². The topological polar surface area (TPSA) is 161 Å². The second-order valence-corrected chi connectivity index (χ2v) is 40.7. The summed E-state index contributed by atoms with van der Waals surface area (Å²) in [7, 11) is -5.88. The standard InChI is InChI=1S/C80H110Cl2O14Si3/c1-11-13-53-89-77(83)61(3)91-75-51-41-67(59-73(75)81)79(85)93-71-47-37-65(38-48-71)63-33-43-69(44-34-63)87-55-29-25-21-17-15-19-23-27-31-57-97(5,6)95-99(9,10)96-98(7,8)58-32-28-24-20-16-18-22-26-30-56-88-70-45-35-64(36-46-70)66-39-49-72(50-40-66)94-80(86)68-42-52-76(74(82)60-68)92-62(4)78(84)90-54-14-12-2/h33-52,59-62H,11-32,53-58H2,1-10H3/t61-,62-/m1/s1. The summed E-state index contributed by atoms with van der Waals surface area (Å²) in [6.45, 7) is 23.4. The summed E-state index contributed by atoms with van der Waals surface area (Å²) in [4.78, 5) is 50.3. The van der Waals surface area contributed by atoms with Gasteiger partial charge in [0.15, 0.2) is 28.8 Å². The van der Waals surface area contributed by atoms with Crippen molar-refractivity contribution in [2.45, 2.75) is 233 Å². The molecule has 2 atom stereocenters. The van der Waals surface area contributed by atoms with Crippen molar-refractivity contribution in [3.63, 3.8) is 0 Å². The first-order valence-corrected chi connectivity index (χ1v) is 46.1. The molecule has 0 fully saturated rings. The largest absolute Gasteiger partial charge is 0.494 e. The minimum absolute atomic E-state index is 0.188. The molecule has 19 heteroatoms. The Morgan fingerprint density at radius 2 is 0.657 bits per heavy atom. The average Bonchev–Trinajstić information content (AvgIpc) is 0.871. The maximum Gasteiger partial charge on any atom is 0.347 e. The highest BCUT2D eigenvalue weighted by molar-refractivity contribution is 6.87. The van der Waals surface area contributed by atoms with Gasteiger partial charge < -0.3 is 46.1 Å². The van der Waals surface area contributed by atoms with Crippen LogP contribution in [0.15, 0.2) is 133 Å². The van der Waals surface area contributed by atoms with Crippen molar-refractivity contribution in [3.8, 4) is 56.8 Å². The van der Waals surface area contributed by atoms with E-state index < -0.39 is 61.3 Å². The van der Waals surface area contributed by atoms with Gasteiger partial charge in [0.25, 0.3) is 0 Å². The van der Waals surface area contributed by atoms with Gasteiger partial charge in [0, 0.05) is 0 Å². The Bertz CT molecular complexity index is 3140. The van der Waals surface area contributed by atoms with E-state index >= 15 is 0 Å². The minimum atomic E-state index is -2.23. The lowest BCUT2D eigenvalue weighted by atomic mass is 10.1. The number of esters is 4. The van der Waals surface area contributed by atoms with Crippen LogP contribution in [0.1, 0.15) is 190 Å². The molecule has 0 aliphatic rings. The summed E-state index contributed by atoms with van der Waals surface area (Å²) < 4.78 is 59.1. The van der Waals surface area contributed by atoms with E-state index in [1.807, 2.05) is 86.6 Å². The Hall–Kier alpha value is -6.45. The van der Waals surface area contributed by atoms with Crippen LogP contribution in [0.5, 0.6) is 34.5 Å². The number of carbonyl (C=O) groups is 4. The van der Waals surface area contributed by atoms with Crippen molar-refractivity contribution in [2.24, 2.45) is 0 Å². The van der Waals surface area contributed by atoms with Gasteiger partial charge in [-0.2, -0.15) is 0 Å². The molecule has 6 aromatic carbocycles. The fourth-order valence-corrected chi connectivity index (χ4v) is 26.3. The van der Waals surface area contributed by atoms with E-state index in [-0.39, 0.29) is 32.7 Å². The lowest BCUT2D eigenvalue weighted by Gasteiger charge is -2.39. The Morgan fingerprint density at radius 1 is 0.364 bits per heavy atom. The summed E-state index contributed by atoms with van der Waals surface area (Å²) in [5, 5.41) is 0.376. The third-order valence-corrected chi connectivity index (χ3v) is 29.1. The van der Waals surface area contributed by atoms with Crippen LogP contribution < -0.4 is 28.4 Å². The molecule has 0 unspecified atom stereocenters. The van der Waals surface area contributed by atoms with E-state index in [0.29, 0.717) is 37.9 Å². The van der Waals surface area contributed by atoms with Crippen LogP contribution in [0.3, 0.4) is 0 Å². The Kier molecular flexibility index (Phi) is 35.7. The second kappa shape index (κ2) is 43.4. The molecule has 6 rings (SSSR count). The Balaban J connectivity index is 0.717. The Labute approximate surface area is 604 Å². The van der Waals surface area contributed by atoms with E-state index in [1.165, 1.54) is 127 Å². The summed E-state index contributed by atoms with van der Waals surface area (Å²) in [5.41, 5.74) is 4.55. The molecule has 0 saturated carbocycles. The number of carbonyl (C=O) groups excluding carboxylic acids is 4. The second-order valence-electron chi connectivity index (χ2n) is 27.4. The molecule has 0 amide bonds. The van der Waals surface area contributed by atoms with Crippen LogP contribution >= 0.6 is 23.2 Å². The summed E-state index contributed by atoms with van der Waals surface area (Å²) in [6, 6.07) is 42.4. The summed E-state index contributed by atoms with van der Waals surface area (Å²) >= 11 is 12.8. The van der Waals surface area contributed by atoms with E-state index in [2.05, 4.69) is 39.3 Å². The first-order chi connectivity index (χ1) is 47.5. The number of hydrogen-bond acceptors (Lipinski definition) is 14. The quantitative estimate of drug-likeness (QED) is 0.0154. The number of unbranched alkanes of at least 4 members (excludes halogenated alkanes) is 18. The van der Waals surface area contributed by atoms with Crippen LogP contribution in [-0.4, -0.2) is 87.7 Å². The predicted octanol–water partition coefficient (Wildman–Crippen LogP) is 22.6. The molecule has 0 aromatic heterocycles. The highest BCUT2D eigenvalue weighted by Crippen LogP contribution is 2.33. The average molecular weight is 1450 g/mol. The van der Waals surface area contributed by atoms with Crippen molar-refractivity contribution in [2.75, 3.05) is 26.4 Å². The van der Waals surface area contributed by atoms with Crippen molar-refractivity contribution in [1.82, 2.24) is 0 Å². The molecule has 0 N–H and O–H groups in total. The van der Waals surface area contributed by atoms with Crippen LogP contribution in [0.4, 0.5) is 0 Å². The third-order valence-electron chi connectivity index (χ3n) is 17.0. The van der Waals surface area contributed by atoms with Crippen molar-refractivity contribution < 1.29 is 65.3 Å². The molecule has 0 radical (unpaired) electrons. The molecule has 540 valence electrons. The molecule has 0 aliphatic heterocycles. The van der Waals surface area contributed by atoms with Crippen LogP contribution in [0.25, 0.3) is 22.3 Å². The van der Waals surface area contributed by atoms with Gasteiger partial charge in [-0.15, -0.1) is 0 Å². The van der Waals surface area contributed by atoms with Gasteiger partial charge in [-0.25, -0.2) is 19.2 Å². The fourth-order valence-electron chi connectivity index (χ4n) is 11.7. The van der Waals surface area contributed by atoms with Crippen molar-refractivity contribution in [1.29, 1.82) is 0 Å². The molecular formula is C80H110Cl2O14Si3. The number of rotatable bonds is 48. The molecule has 14 nitrogen and oxygen atoms in total. The minimum Gasteiger partial charge on any atom is -0.494 e. The monoisotopic (exact) mass is 1450 g/mol. The zero-order chi connectivity index (χ0) is 71.5. The molecule has 0 bridgehead atoms. The maximum atomic E-state index is 12.9. The molecule has 99 heavy (non-hydrogen) atoms. The van der Waals surface area contributed by atoms with Gasteiger partial charge in [-0.3, -0.25) is 0 Å². The van der Waals surface area contributed by atoms with E-state index in [0.717, 1.165) is 72.3 Å². The molecular weight excluding hydrogens is 1340 g/mol. The van der Waals surface area contributed by atoms with Gasteiger partial charge in [0.05, 0.1) is 47.6 Å². The van der Waals surface area contributed by atoms with E-state index in [9.17, 15) is 19.2 Å². The van der Waals surface area contributed by atoms with Gasteiger partial charge in [0.1, 0.15) is 34.5 Å². The van der Waals surface area contributed by atoms with Crippen molar-refractivity contribution >= 4 is 72.3 Å². The molecule has 0 aliphatic carbocycles. The Morgan fingerprint density at radius 3 is 0.960 bits per heavy atom. The number of halogens is 2. The van der Waals surface area contributed by atoms with Crippen LogP contribution in [0.2, 0.25) is 61.4 Å². The van der Waals surface area contributed by atoms with Gasteiger partial charge in [-0.1, -0.05) is 201 Å². The lowest BCUT2D eigenvalue weighted by Crippen LogP contribution is -2.52. The molecule has 0 spiro atoms. The van der Waals surface area contributed by atoms with Crippen LogP contribution in [-0.2, 0) is 27.3 Å². The maximum absolute atomic E-state index is 12.9. The number of hydrogen-bond donors (Lipinski definition) is 0. The highest BCUT2D eigenvalue weighted by atomic mass is 35.5. The van der Waals surface area contributed by atoms with E-state index in [4.69, 9.17) is 69.3 Å². The normalized spacial score (nSPS) is 12.3. The third kappa shape index (κ3) is 31.1. The fraction of sp³-hybridized carbons (Fsp3) is 0.500. The summed E-state index contributed by atoms with van der Waals surface area (Å²) in [6.07, 6.45) is 23.9. The van der Waals surface area contributed by atoms with Gasteiger partial charge in [0.2, 0.25) is 0 Å². The first kappa shape index (κ1) is 81.5. The smallest absolute Gasteiger partial charge is 0.347 e. The lowest BCUT2D eigenvalue weighted by molar-refractivity contribution is -0.151. The van der Waals surface area contributed by atoms with Crippen LogP contribution in [0, 0.1) is 0 Å². The number of ether oxygens (including phenoxy) is 8. The van der Waals surface area contributed by atoms with Gasteiger partial charge >= 0.3 is 32.4 Å². The molecule has 6 aromatic rings. The SMILES string of the molecule is CCCCOC(=O)[C@@H](C)Oc1ccc(C(=O)Oc2ccc(-c3ccc(OCCCCCCCCCCC[Si](C)(C)O[Si](C)(C)O[Si](C)(C)CCCCCCCCCCCOc4ccc(-c5ccc(OC(=O)c6ccc(O[C@H](C)C(=O)OCCCC)c(Cl)c6)cc5)cc4)cc3)cc2)cc1Cl. The zero-order valence-electron chi connectivity index (χ0n) is 60.6. The molecule has 0 saturated heterocycles. The van der Waals surface area contributed by atoms with Crippen molar-refractivity contribution in [3.05, 3.63) is 155 Å². The van der Waals surface area contributed by atoms with E-state index in [1.54, 1.807) is 62.4 Å².